The Hall–Kier alpha value is -0.0800. The largest absolute Gasteiger partial charge is 0.392 e. The summed E-state index contributed by atoms with van der Waals surface area (Å²) >= 11 is 0. The normalized spacial score (nSPS) is 33.5. The zero-order valence-electron chi connectivity index (χ0n) is 8.50. The van der Waals surface area contributed by atoms with Crippen molar-refractivity contribution in [3.8, 4) is 0 Å². The molecule has 72 valence electrons. The van der Waals surface area contributed by atoms with Crippen molar-refractivity contribution in [1.29, 1.82) is 0 Å². The van der Waals surface area contributed by atoms with E-state index in [2.05, 4.69) is 27.7 Å². The maximum absolute atomic E-state index is 9.43. The predicted octanol–water partition coefficient (Wildman–Crippen LogP) is 1.82. The van der Waals surface area contributed by atoms with Gasteiger partial charge in [-0.1, -0.05) is 27.7 Å². The summed E-state index contributed by atoms with van der Waals surface area (Å²) in [7, 11) is 0. The van der Waals surface area contributed by atoms with Crippen molar-refractivity contribution in [3.63, 3.8) is 0 Å². The first-order valence-electron chi connectivity index (χ1n) is 4.74. The smallest absolute Gasteiger partial charge is 0.0675 e. The van der Waals surface area contributed by atoms with Crippen molar-refractivity contribution in [2.75, 3.05) is 6.61 Å². The van der Waals surface area contributed by atoms with Gasteiger partial charge in [0.1, 0.15) is 0 Å². The summed E-state index contributed by atoms with van der Waals surface area (Å²) in [6.45, 7) is 9.21. The summed E-state index contributed by atoms with van der Waals surface area (Å²) < 4.78 is 5.67. The van der Waals surface area contributed by atoms with Gasteiger partial charge in [0, 0.05) is 18.4 Å². The Morgan fingerprint density at radius 1 is 1.50 bits per heavy atom. The summed E-state index contributed by atoms with van der Waals surface area (Å²) in [5.74, 6) is 0.582. The number of aliphatic hydroxyl groups excluding tert-OH is 1. The van der Waals surface area contributed by atoms with Gasteiger partial charge in [0.15, 0.2) is 0 Å². The van der Waals surface area contributed by atoms with E-state index in [1.54, 1.807) is 0 Å². The predicted molar refractivity (Wildman–Crippen MR) is 49.0 cm³/mol. The van der Waals surface area contributed by atoms with Crippen molar-refractivity contribution in [3.05, 3.63) is 0 Å². The molecule has 1 rings (SSSR count). The monoisotopic (exact) mass is 172 g/mol. The fourth-order valence-electron chi connectivity index (χ4n) is 1.46. The third-order valence-electron chi connectivity index (χ3n) is 2.76. The van der Waals surface area contributed by atoms with Crippen LogP contribution in [-0.2, 0) is 4.74 Å². The van der Waals surface area contributed by atoms with Gasteiger partial charge in [0.25, 0.3) is 0 Å². The molecular weight excluding hydrogens is 152 g/mol. The van der Waals surface area contributed by atoms with Gasteiger partial charge in [-0.25, -0.2) is 0 Å². The molecule has 0 bridgehead atoms. The lowest BCUT2D eigenvalue weighted by Crippen LogP contribution is -2.54. The highest BCUT2D eigenvalue weighted by Crippen LogP contribution is 2.42. The van der Waals surface area contributed by atoms with E-state index in [9.17, 15) is 5.11 Å². The van der Waals surface area contributed by atoms with Crippen molar-refractivity contribution in [1.82, 2.24) is 0 Å². The molecule has 2 atom stereocenters. The van der Waals surface area contributed by atoms with Gasteiger partial charge in [0.2, 0.25) is 0 Å². The van der Waals surface area contributed by atoms with Crippen LogP contribution in [0.4, 0.5) is 0 Å². The molecule has 0 aromatic rings. The van der Waals surface area contributed by atoms with Gasteiger partial charge in [-0.3, -0.25) is 0 Å². The van der Waals surface area contributed by atoms with Gasteiger partial charge in [-0.2, -0.15) is 0 Å². The number of rotatable bonds is 3. The summed E-state index contributed by atoms with van der Waals surface area (Å²) in [5, 5.41) is 9.43. The molecule has 0 radical (unpaired) electrons. The summed E-state index contributed by atoms with van der Waals surface area (Å²) in [5.41, 5.74) is -0.0328. The number of ether oxygens (including phenoxy) is 1. The maximum Gasteiger partial charge on any atom is 0.0675 e. The molecule has 0 saturated heterocycles. The molecular formula is C10H20O2. The van der Waals surface area contributed by atoms with E-state index in [-0.39, 0.29) is 17.6 Å². The SMILES string of the molecule is CC(C)CO[C@@H]1C[C@@H](O)C1(C)C. The lowest BCUT2D eigenvalue weighted by molar-refractivity contribution is -0.178. The summed E-state index contributed by atoms with van der Waals surface area (Å²) in [4.78, 5) is 0. The van der Waals surface area contributed by atoms with Crippen LogP contribution in [0.25, 0.3) is 0 Å². The maximum atomic E-state index is 9.43. The molecule has 12 heavy (non-hydrogen) atoms. The van der Waals surface area contributed by atoms with Crippen molar-refractivity contribution >= 4 is 0 Å². The van der Waals surface area contributed by atoms with E-state index >= 15 is 0 Å². The number of aliphatic hydroxyl groups is 1. The van der Waals surface area contributed by atoms with E-state index in [1.807, 2.05) is 0 Å². The second-order valence-corrected chi connectivity index (χ2v) is 4.79. The first-order valence-corrected chi connectivity index (χ1v) is 4.74. The molecule has 0 heterocycles. The second-order valence-electron chi connectivity index (χ2n) is 4.79. The van der Waals surface area contributed by atoms with E-state index in [4.69, 9.17) is 4.74 Å². The second kappa shape index (κ2) is 3.35. The Morgan fingerprint density at radius 3 is 2.42 bits per heavy atom. The molecule has 1 aliphatic rings. The molecule has 0 aliphatic heterocycles. The highest BCUT2D eigenvalue weighted by molar-refractivity contribution is 4.98. The van der Waals surface area contributed by atoms with Crippen LogP contribution in [0, 0.1) is 11.3 Å². The molecule has 0 amide bonds. The highest BCUT2D eigenvalue weighted by atomic mass is 16.5. The van der Waals surface area contributed by atoms with Crippen LogP contribution >= 0.6 is 0 Å². The lowest BCUT2D eigenvalue weighted by atomic mass is 9.66. The standard InChI is InChI=1S/C10H20O2/c1-7(2)6-12-9-5-8(11)10(9,3)4/h7-9,11H,5-6H2,1-4H3/t8-,9-/m1/s1. The highest BCUT2D eigenvalue weighted by Gasteiger charge is 2.48. The quantitative estimate of drug-likeness (QED) is 0.703. The van der Waals surface area contributed by atoms with Crippen LogP contribution in [-0.4, -0.2) is 23.9 Å². The van der Waals surface area contributed by atoms with Crippen LogP contribution in [0.15, 0.2) is 0 Å². The molecule has 0 aromatic heterocycles. The van der Waals surface area contributed by atoms with Crippen molar-refractivity contribution in [2.24, 2.45) is 11.3 Å². The molecule has 1 saturated carbocycles. The van der Waals surface area contributed by atoms with Gasteiger partial charge < -0.3 is 9.84 Å². The molecule has 1 fully saturated rings. The molecule has 1 aliphatic carbocycles. The van der Waals surface area contributed by atoms with Crippen LogP contribution in [0.3, 0.4) is 0 Å². The molecule has 2 nitrogen and oxygen atoms in total. The van der Waals surface area contributed by atoms with Crippen LogP contribution in [0.2, 0.25) is 0 Å². The molecule has 0 spiro atoms. The molecule has 0 unspecified atom stereocenters. The van der Waals surface area contributed by atoms with E-state index in [0.29, 0.717) is 5.92 Å². The van der Waals surface area contributed by atoms with E-state index in [0.717, 1.165) is 13.0 Å². The fourth-order valence-corrected chi connectivity index (χ4v) is 1.46. The minimum atomic E-state index is -0.172. The fraction of sp³-hybridized carbons (Fsp3) is 1.00. The first kappa shape index (κ1) is 10.0. The molecule has 1 N–H and O–H groups in total. The molecule has 0 aromatic carbocycles. The summed E-state index contributed by atoms with van der Waals surface area (Å²) in [6, 6.07) is 0. The van der Waals surface area contributed by atoms with Crippen LogP contribution in [0.1, 0.15) is 34.1 Å². The Labute approximate surface area is 74.9 Å². The average Bonchev–Trinajstić information content (AvgIpc) is 1.97. The van der Waals surface area contributed by atoms with Gasteiger partial charge in [-0.15, -0.1) is 0 Å². The number of hydrogen-bond donors (Lipinski definition) is 1. The minimum absolute atomic E-state index is 0.0328. The van der Waals surface area contributed by atoms with Crippen LogP contribution in [0.5, 0.6) is 0 Å². The zero-order valence-corrected chi connectivity index (χ0v) is 8.50. The average molecular weight is 172 g/mol. The van der Waals surface area contributed by atoms with Gasteiger partial charge in [-0.05, 0) is 5.92 Å². The number of hydrogen-bond acceptors (Lipinski definition) is 2. The molecule has 2 heteroatoms. The van der Waals surface area contributed by atoms with Crippen molar-refractivity contribution in [2.45, 2.75) is 46.3 Å². The minimum Gasteiger partial charge on any atom is -0.392 e. The third kappa shape index (κ3) is 1.80. The van der Waals surface area contributed by atoms with Gasteiger partial charge in [0.05, 0.1) is 12.2 Å². The van der Waals surface area contributed by atoms with Gasteiger partial charge >= 0.3 is 0 Å². The Morgan fingerprint density at radius 2 is 2.08 bits per heavy atom. The first-order chi connectivity index (χ1) is 5.44. The van der Waals surface area contributed by atoms with Crippen molar-refractivity contribution < 1.29 is 9.84 Å². The Bertz CT molecular complexity index is 152. The zero-order chi connectivity index (χ0) is 9.35. The summed E-state index contributed by atoms with van der Waals surface area (Å²) in [6.07, 6.45) is 0.893. The Kier molecular flexibility index (Phi) is 2.79. The van der Waals surface area contributed by atoms with E-state index < -0.39 is 0 Å². The van der Waals surface area contributed by atoms with E-state index in [1.165, 1.54) is 0 Å². The topological polar surface area (TPSA) is 29.5 Å². The lowest BCUT2D eigenvalue weighted by Gasteiger charge is -2.48. The third-order valence-corrected chi connectivity index (χ3v) is 2.76. The Balaban J connectivity index is 2.28. The van der Waals surface area contributed by atoms with Crippen LogP contribution < -0.4 is 0 Å².